The summed E-state index contributed by atoms with van der Waals surface area (Å²) in [6, 6.07) is 0. The molecule has 0 aliphatic carbocycles. The molecule has 0 aliphatic heterocycles. The van der Waals surface area contributed by atoms with Crippen molar-refractivity contribution in [3.63, 3.8) is 0 Å². The van der Waals surface area contributed by atoms with Crippen LogP contribution in [0.3, 0.4) is 0 Å². The SMILES string of the molecule is CCCCCCCCCC/C=C/C=C/CN. The van der Waals surface area contributed by atoms with Crippen LogP contribution in [0.2, 0.25) is 0 Å². The summed E-state index contributed by atoms with van der Waals surface area (Å²) in [5, 5.41) is 0. The van der Waals surface area contributed by atoms with Crippen molar-refractivity contribution in [3.8, 4) is 0 Å². The Labute approximate surface area is 102 Å². The second-order valence-corrected chi connectivity index (χ2v) is 4.36. The van der Waals surface area contributed by atoms with Crippen LogP contribution >= 0.6 is 0 Å². The fraction of sp³-hybridized carbons (Fsp3) is 0.733. The second kappa shape index (κ2) is 14.4. The fourth-order valence-corrected chi connectivity index (χ4v) is 1.73. The van der Waals surface area contributed by atoms with Crippen molar-refractivity contribution in [2.24, 2.45) is 5.73 Å². The van der Waals surface area contributed by atoms with Crippen LogP contribution in [-0.2, 0) is 0 Å². The summed E-state index contributed by atoms with van der Waals surface area (Å²) in [5.74, 6) is 0. The van der Waals surface area contributed by atoms with E-state index >= 15 is 0 Å². The van der Waals surface area contributed by atoms with Crippen molar-refractivity contribution in [1.82, 2.24) is 0 Å². The smallest absolute Gasteiger partial charge is 0.0109 e. The molecule has 1 nitrogen and oxygen atoms in total. The highest BCUT2D eigenvalue weighted by Crippen LogP contribution is 2.09. The summed E-state index contributed by atoms with van der Waals surface area (Å²) >= 11 is 0. The Bertz CT molecular complexity index is 170. The van der Waals surface area contributed by atoms with Crippen LogP contribution in [-0.4, -0.2) is 6.54 Å². The molecule has 0 aromatic heterocycles. The Balaban J connectivity index is 3.03. The van der Waals surface area contributed by atoms with Gasteiger partial charge >= 0.3 is 0 Å². The second-order valence-electron chi connectivity index (χ2n) is 4.36. The number of unbranched alkanes of at least 4 members (excludes halogenated alkanes) is 8. The first kappa shape index (κ1) is 15.4. The Hall–Kier alpha value is -0.560. The van der Waals surface area contributed by atoms with Gasteiger partial charge in [-0.25, -0.2) is 0 Å². The highest BCUT2D eigenvalue weighted by molar-refractivity contribution is 5.02. The summed E-state index contributed by atoms with van der Waals surface area (Å²) in [4.78, 5) is 0. The molecule has 0 unspecified atom stereocenters. The molecule has 0 rings (SSSR count). The van der Waals surface area contributed by atoms with E-state index in [1.54, 1.807) is 0 Å². The van der Waals surface area contributed by atoms with E-state index < -0.39 is 0 Å². The van der Waals surface area contributed by atoms with E-state index in [1.807, 2.05) is 12.2 Å². The molecule has 0 amide bonds. The van der Waals surface area contributed by atoms with Gasteiger partial charge in [-0.3, -0.25) is 0 Å². The van der Waals surface area contributed by atoms with Gasteiger partial charge in [-0.05, 0) is 12.8 Å². The summed E-state index contributed by atoms with van der Waals surface area (Å²) < 4.78 is 0. The first-order chi connectivity index (χ1) is 7.91. The van der Waals surface area contributed by atoms with Gasteiger partial charge in [-0.2, -0.15) is 0 Å². The third kappa shape index (κ3) is 13.4. The molecular weight excluding hydrogens is 194 g/mol. The van der Waals surface area contributed by atoms with E-state index in [9.17, 15) is 0 Å². The summed E-state index contributed by atoms with van der Waals surface area (Å²) in [7, 11) is 0. The van der Waals surface area contributed by atoms with E-state index in [2.05, 4.69) is 19.1 Å². The Kier molecular flexibility index (Phi) is 13.9. The average molecular weight is 223 g/mol. The number of allylic oxidation sites excluding steroid dienone is 3. The first-order valence-electron chi connectivity index (χ1n) is 6.93. The maximum absolute atomic E-state index is 5.34. The van der Waals surface area contributed by atoms with Crippen LogP contribution < -0.4 is 5.73 Å². The Morgan fingerprint density at radius 3 is 1.94 bits per heavy atom. The molecule has 0 fully saturated rings. The number of nitrogens with two attached hydrogens (primary N) is 1. The van der Waals surface area contributed by atoms with Gasteiger partial charge in [-0.1, -0.05) is 76.2 Å². The van der Waals surface area contributed by atoms with Crippen molar-refractivity contribution in [1.29, 1.82) is 0 Å². The first-order valence-corrected chi connectivity index (χ1v) is 6.93. The van der Waals surface area contributed by atoms with E-state index in [-0.39, 0.29) is 0 Å². The normalized spacial score (nSPS) is 11.9. The van der Waals surface area contributed by atoms with Gasteiger partial charge in [0.2, 0.25) is 0 Å². The molecule has 0 aromatic rings. The van der Waals surface area contributed by atoms with E-state index in [1.165, 1.54) is 57.8 Å². The van der Waals surface area contributed by atoms with Gasteiger partial charge in [0.1, 0.15) is 0 Å². The van der Waals surface area contributed by atoms with Crippen LogP contribution in [0.15, 0.2) is 24.3 Å². The molecule has 16 heavy (non-hydrogen) atoms. The van der Waals surface area contributed by atoms with Crippen molar-refractivity contribution >= 4 is 0 Å². The molecule has 94 valence electrons. The standard InChI is InChI=1S/C15H29N/c1-2-3-4-5-6-7-8-9-10-11-12-13-14-15-16/h11-14H,2-10,15-16H2,1H3/b12-11+,14-13+. The van der Waals surface area contributed by atoms with Crippen LogP contribution in [0, 0.1) is 0 Å². The lowest BCUT2D eigenvalue weighted by Gasteiger charge is -1.99. The van der Waals surface area contributed by atoms with Gasteiger partial charge in [0.15, 0.2) is 0 Å². The lowest BCUT2D eigenvalue weighted by molar-refractivity contribution is 0.577. The van der Waals surface area contributed by atoms with Gasteiger partial charge < -0.3 is 5.73 Å². The molecule has 0 heterocycles. The lowest BCUT2D eigenvalue weighted by Crippen LogP contribution is -1.91. The predicted molar refractivity (Wildman–Crippen MR) is 74.6 cm³/mol. The Morgan fingerprint density at radius 1 is 0.750 bits per heavy atom. The Morgan fingerprint density at radius 2 is 1.31 bits per heavy atom. The molecule has 0 aliphatic rings. The molecule has 0 atom stereocenters. The highest BCUT2D eigenvalue weighted by Gasteiger charge is 1.89. The summed E-state index contributed by atoms with van der Waals surface area (Å²) in [6.45, 7) is 2.91. The maximum Gasteiger partial charge on any atom is 0.0109 e. The fourth-order valence-electron chi connectivity index (χ4n) is 1.73. The van der Waals surface area contributed by atoms with Crippen LogP contribution in [0.4, 0.5) is 0 Å². The van der Waals surface area contributed by atoms with E-state index in [0.717, 1.165) is 0 Å². The molecule has 0 saturated carbocycles. The van der Waals surface area contributed by atoms with Crippen LogP contribution in [0.25, 0.3) is 0 Å². The minimum atomic E-state index is 0.641. The van der Waals surface area contributed by atoms with Crippen LogP contribution in [0.1, 0.15) is 64.7 Å². The van der Waals surface area contributed by atoms with Gasteiger partial charge in [0, 0.05) is 6.54 Å². The van der Waals surface area contributed by atoms with Crippen molar-refractivity contribution in [2.45, 2.75) is 64.7 Å². The minimum absolute atomic E-state index is 0.641. The largest absolute Gasteiger partial charge is 0.327 e. The maximum atomic E-state index is 5.34. The van der Waals surface area contributed by atoms with E-state index in [4.69, 9.17) is 5.73 Å². The lowest BCUT2D eigenvalue weighted by atomic mass is 10.1. The topological polar surface area (TPSA) is 26.0 Å². The van der Waals surface area contributed by atoms with Gasteiger partial charge in [0.25, 0.3) is 0 Å². The zero-order valence-electron chi connectivity index (χ0n) is 11.0. The van der Waals surface area contributed by atoms with Gasteiger partial charge in [0.05, 0.1) is 0 Å². The van der Waals surface area contributed by atoms with Crippen LogP contribution in [0.5, 0.6) is 0 Å². The highest BCUT2D eigenvalue weighted by atomic mass is 14.5. The summed E-state index contributed by atoms with van der Waals surface area (Å²) in [5.41, 5.74) is 5.34. The van der Waals surface area contributed by atoms with E-state index in [0.29, 0.717) is 6.54 Å². The van der Waals surface area contributed by atoms with Gasteiger partial charge in [-0.15, -0.1) is 0 Å². The zero-order chi connectivity index (χ0) is 11.9. The molecule has 0 aromatic carbocycles. The monoisotopic (exact) mass is 223 g/mol. The molecule has 0 bridgehead atoms. The quantitative estimate of drug-likeness (QED) is 0.402. The third-order valence-electron chi connectivity index (χ3n) is 2.74. The summed E-state index contributed by atoms with van der Waals surface area (Å²) in [6.07, 6.45) is 20.8. The predicted octanol–water partition coefficient (Wildman–Crippen LogP) is 4.59. The molecular formula is C15H29N. The zero-order valence-corrected chi connectivity index (χ0v) is 11.0. The van der Waals surface area contributed by atoms with Crippen molar-refractivity contribution < 1.29 is 0 Å². The molecule has 2 N–H and O–H groups in total. The third-order valence-corrected chi connectivity index (χ3v) is 2.74. The number of hydrogen-bond donors (Lipinski definition) is 1. The van der Waals surface area contributed by atoms with Crippen molar-refractivity contribution in [2.75, 3.05) is 6.54 Å². The van der Waals surface area contributed by atoms with Crippen molar-refractivity contribution in [3.05, 3.63) is 24.3 Å². The molecule has 0 radical (unpaired) electrons. The molecule has 0 spiro atoms. The molecule has 0 saturated heterocycles. The number of hydrogen-bond acceptors (Lipinski definition) is 1. The average Bonchev–Trinajstić information content (AvgIpc) is 2.31. The molecule has 1 heteroatoms. The number of rotatable bonds is 11. The minimum Gasteiger partial charge on any atom is -0.327 e.